The molecular formula is C14H26N2. The number of nitrogens with one attached hydrogen (secondary N) is 1. The Morgan fingerprint density at radius 1 is 1.38 bits per heavy atom. The maximum Gasteiger partial charge on any atom is 0.0242 e. The van der Waals surface area contributed by atoms with Gasteiger partial charge in [0.2, 0.25) is 0 Å². The van der Waals surface area contributed by atoms with E-state index in [1.54, 1.807) is 0 Å². The molecule has 0 spiro atoms. The Morgan fingerprint density at radius 2 is 2.12 bits per heavy atom. The fourth-order valence-corrected chi connectivity index (χ4v) is 2.62. The van der Waals surface area contributed by atoms with Crippen molar-refractivity contribution >= 4 is 0 Å². The number of rotatable bonds is 5. The molecule has 0 radical (unpaired) electrons. The summed E-state index contributed by atoms with van der Waals surface area (Å²) in [6.45, 7) is 9.06. The van der Waals surface area contributed by atoms with Crippen molar-refractivity contribution in [3.8, 4) is 12.3 Å². The molecule has 1 aliphatic rings. The van der Waals surface area contributed by atoms with E-state index in [1.165, 1.54) is 12.8 Å². The molecule has 1 fully saturated rings. The Labute approximate surface area is 101 Å². The van der Waals surface area contributed by atoms with Gasteiger partial charge < -0.3 is 5.32 Å². The summed E-state index contributed by atoms with van der Waals surface area (Å²) in [6.07, 6.45) is 9.95. The normalized spacial score (nSPS) is 28.6. The van der Waals surface area contributed by atoms with Crippen molar-refractivity contribution < 1.29 is 0 Å². The average molecular weight is 222 g/mol. The second-order valence-electron chi connectivity index (χ2n) is 4.74. The number of nitrogens with zero attached hydrogens (tertiary/aromatic N) is 1. The van der Waals surface area contributed by atoms with Crippen LogP contribution in [-0.2, 0) is 0 Å². The summed E-state index contributed by atoms with van der Waals surface area (Å²) in [5, 5.41) is 3.63. The molecule has 2 nitrogen and oxygen atoms in total. The molecule has 2 heteroatoms. The van der Waals surface area contributed by atoms with E-state index in [9.17, 15) is 0 Å². The molecule has 16 heavy (non-hydrogen) atoms. The monoisotopic (exact) mass is 222 g/mol. The van der Waals surface area contributed by atoms with E-state index < -0.39 is 0 Å². The minimum absolute atomic E-state index is 0.575. The molecule has 1 heterocycles. The zero-order valence-corrected chi connectivity index (χ0v) is 11.0. The van der Waals surface area contributed by atoms with E-state index in [0.29, 0.717) is 18.1 Å². The maximum absolute atomic E-state index is 5.47. The van der Waals surface area contributed by atoms with Crippen molar-refractivity contribution in [2.75, 3.05) is 13.1 Å². The van der Waals surface area contributed by atoms with Gasteiger partial charge in [-0.3, -0.25) is 4.90 Å². The first kappa shape index (κ1) is 13.5. The van der Waals surface area contributed by atoms with Gasteiger partial charge in [0.15, 0.2) is 0 Å². The van der Waals surface area contributed by atoms with Crippen molar-refractivity contribution in [3.63, 3.8) is 0 Å². The van der Waals surface area contributed by atoms with Gasteiger partial charge in [0.1, 0.15) is 0 Å². The molecule has 1 saturated heterocycles. The fraction of sp³-hybridized carbons (Fsp3) is 0.857. The molecule has 1 aliphatic heterocycles. The average Bonchev–Trinajstić information content (AvgIpc) is 2.35. The molecule has 3 unspecified atom stereocenters. The highest BCUT2D eigenvalue weighted by Crippen LogP contribution is 2.19. The van der Waals surface area contributed by atoms with Crippen LogP contribution in [0.4, 0.5) is 0 Å². The van der Waals surface area contributed by atoms with E-state index in [-0.39, 0.29) is 0 Å². The summed E-state index contributed by atoms with van der Waals surface area (Å²) < 4.78 is 0. The van der Waals surface area contributed by atoms with Crippen molar-refractivity contribution in [2.45, 2.75) is 64.6 Å². The van der Waals surface area contributed by atoms with Gasteiger partial charge in [0.25, 0.3) is 0 Å². The molecule has 0 aromatic rings. The quantitative estimate of drug-likeness (QED) is 0.718. The Bertz CT molecular complexity index is 231. The number of terminal acetylenes is 1. The third kappa shape index (κ3) is 3.23. The lowest BCUT2D eigenvalue weighted by molar-refractivity contribution is 0.0773. The van der Waals surface area contributed by atoms with Crippen LogP contribution in [0.25, 0.3) is 0 Å². The third-order valence-electron chi connectivity index (χ3n) is 3.80. The minimum Gasteiger partial charge on any atom is -0.311 e. The van der Waals surface area contributed by atoms with Gasteiger partial charge in [-0.1, -0.05) is 20.8 Å². The molecule has 1 N–H and O–H groups in total. The first-order chi connectivity index (χ1) is 7.76. The van der Waals surface area contributed by atoms with Crippen LogP contribution in [0.1, 0.15) is 46.5 Å². The van der Waals surface area contributed by atoms with Crippen LogP contribution in [0.3, 0.4) is 0 Å². The highest BCUT2D eigenvalue weighted by Gasteiger charge is 2.29. The minimum atomic E-state index is 0.575. The summed E-state index contributed by atoms with van der Waals surface area (Å²) >= 11 is 0. The molecule has 92 valence electrons. The number of piperazine rings is 1. The van der Waals surface area contributed by atoms with E-state index in [0.717, 1.165) is 25.9 Å². The lowest BCUT2D eigenvalue weighted by Gasteiger charge is -2.44. The van der Waals surface area contributed by atoms with Crippen molar-refractivity contribution in [1.29, 1.82) is 0 Å². The van der Waals surface area contributed by atoms with Gasteiger partial charge in [-0.15, -0.1) is 12.3 Å². The predicted molar refractivity (Wildman–Crippen MR) is 70.4 cm³/mol. The van der Waals surface area contributed by atoms with Gasteiger partial charge in [0.05, 0.1) is 0 Å². The second-order valence-corrected chi connectivity index (χ2v) is 4.74. The molecule has 3 atom stereocenters. The molecule has 0 aromatic heterocycles. The maximum atomic E-state index is 5.47. The Morgan fingerprint density at radius 3 is 2.62 bits per heavy atom. The van der Waals surface area contributed by atoms with Gasteiger partial charge in [-0.05, 0) is 19.3 Å². The van der Waals surface area contributed by atoms with Crippen LogP contribution in [0, 0.1) is 12.3 Å². The molecule has 0 aromatic carbocycles. The van der Waals surface area contributed by atoms with Crippen molar-refractivity contribution in [1.82, 2.24) is 10.2 Å². The molecule has 0 aliphatic carbocycles. The predicted octanol–water partition coefficient (Wildman–Crippen LogP) is 2.25. The third-order valence-corrected chi connectivity index (χ3v) is 3.80. The van der Waals surface area contributed by atoms with Crippen LogP contribution in [0.5, 0.6) is 0 Å². The molecular weight excluding hydrogens is 196 g/mol. The number of hydrogen-bond acceptors (Lipinski definition) is 2. The lowest BCUT2D eigenvalue weighted by Crippen LogP contribution is -2.59. The fourth-order valence-electron chi connectivity index (χ4n) is 2.62. The second kappa shape index (κ2) is 6.93. The zero-order valence-electron chi connectivity index (χ0n) is 11.0. The summed E-state index contributed by atoms with van der Waals surface area (Å²) in [6, 6.07) is 1.89. The van der Waals surface area contributed by atoms with Gasteiger partial charge >= 0.3 is 0 Å². The molecule has 0 saturated carbocycles. The van der Waals surface area contributed by atoms with Crippen LogP contribution in [0.2, 0.25) is 0 Å². The van der Waals surface area contributed by atoms with Crippen molar-refractivity contribution in [2.24, 2.45) is 0 Å². The summed E-state index contributed by atoms with van der Waals surface area (Å²) in [5.74, 6) is 2.83. The highest BCUT2D eigenvalue weighted by molar-refractivity contribution is 4.95. The van der Waals surface area contributed by atoms with Gasteiger partial charge in [0, 0.05) is 37.6 Å². The molecule has 1 rings (SSSR count). The van der Waals surface area contributed by atoms with E-state index in [4.69, 9.17) is 6.42 Å². The van der Waals surface area contributed by atoms with E-state index in [2.05, 4.69) is 36.9 Å². The SMILES string of the molecule is C#CCC(CC)N1CC(CC)NCC1CC. The summed E-state index contributed by atoms with van der Waals surface area (Å²) in [5.41, 5.74) is 0. The molecule has 0 bridgehead atoms. The van der Waals surface area contributed by atoms with Crippen LogP contribution in [-0.4, -0.2) is 36.1 Å². The van der Waals surface area contributed by atoms with Gasteiger partial charge in [-0.2, -0.15) is 0 Å². The largest absolute Gasteiger partial charge is 0.311 e. The van der Waals surface area contributed by atoms with Crippen LogP contribution < -0.4 is 5.32 Å². The molecule has 0 amide bonds. The first-order valence-electron chi connectivity index (χ1n) is 6.69. The van der Waals surface area contributed by atoms with Crippen LogP contribution in [0.15, 0.2) is 0 Å². The Kier molecular flexibility index (Phi) is 5.87. The Hall–Kier alpha value is -0.520. The number of hydrogen-bond donors (Lipinski definition) is 1. The zero-order chi connectivity index (χ0) is 12.0. The topological polar surface area (TPSA) is 15.3 Å². The smallest absolute Gasteiger partial charge is 0.0242 e. The van der Waals surface area contributed by atoms with Crippen molar-refractivity contribution in [3.05, 3.63) is 0 Å². The van der Waals surface area contributed by atoms with Crippen LogP contribution >= 0.6 is 0 Å². The summed E-state index contributed by atoms with van der Waals surface area (Å²) in [7, 11) is 0. The van der Waals surface area contributed by atoms with E-state index in [1.807, 2.05) is 0 Å². The first-order valence-corrected chi connectivity index (χ1v) is 6.69. The standard InChI is InChI=1S/C14H26N2/c1-5-9-13(7-3)16-11-12(6-2)15-10-14(16)8-4/h1,12-15H,6-11H2,2-4H3. The summed E-state index contributed by atoms with van der Waals surface area (Å²) in [4.78, 5) is 2.64. The highest BCUT2D eigenvalue weighted by atomic mass is 15.3. The lowest BCUT2D eigenvalue weighted by atomic mass is 9.99. The Balaban J connectivity index is 2.66. The van der Waals surface area contributed by atoms with Gasteiger partial charge in [-0.25, -0.2) is 0 Å². The van der Waals surface area contributed by atoms with E-state index >= 15 is 0 Å².